The molecule has 0 aromatic heterocycles. The maximum absolute atomic E-state index is 13.3. The Kier molecular flexibility index (Phi) is 8.34. The van der Waals surface area contributed by atoms with Crippen LogP contribution in [0.5, 0.6) is 5.75 Å². The van der Waals surface area contributed by atoms with Crippen LogP contribution in [-0.2, 0) is 14.3 Å². The molecule has 192 valence electrons. The van der Waals surface area contributed by atoms with E-state index in [-0.39, 0.29) is 11.3 Å². The summed E-state index contributed by atoms with van der Waals surface area (Å²) in [7, 11) is 1.50. The highest BCUT2D eigenvalue weighted by Crippen LogP contribution is 2.40. The van der Waals surface area contributed by atoms with Crippen molar-refractivity contribution in [3.05, 3.63) is 69.8 Å². The monoisotopic (exact) mass is 512 g/mol. The first-order valence-electron chi connectivity index (χ1n) is 12.3. The lowest BCUT2D eigenvalue weighted by Crippen LogP contribution is -2.38. The zero-order valence-electron chi connectivity index (χ0n) is 21.0. The zero-order chi connectivity index (χ0) is 25.8. The smallest absolute Gasteiger partial charge is 0.295 e. The fourth-order valence-corrected chi connectivity index (χ4v) is 5.04. The summed E-state index contributed by atoms with van der Waals surface area (Å²) in [5.74, 6) is -0.732. The van der Waals surface area contributed by atoms with Crippen LogP contribution in [-0.4, -0.2) is 73.1 Å². The lowest BCUT2D eigenvalue weighted by Gasteiger charge is -2.29. The summed E-state index contributed by atoms with van der Waals surface area (Å²) in [6.07, 6.45) is 0.710. The lowest BCUT2D eigenvalue weighted by atomic mass is 9.93. The van der Waals surface area contributed by atoms with Gasteiger partial charge in [0.15, 0.2) is 0 Å². The van der Waals surface area contributed by atoms with E-state index in [9.17, 15) is 14.7 Å². The summed E-state index contributed by atoms with van der Waals surface area (Å²) in [5, 5.41) is 11.6. The molecule has 2 aromatic rings. The van der Waals surface area contributed by atoms with Crippen LogP contribution >= 0.6 is 11.6 Å². The van der Waals surface area contributed by atoms with Crippen LogP contribution in [0.2, 0.25) is 5.02 Å². The molecule has 2 heterocycles. The van der Waals surface area contributed by atoms with Gasteiger partial charge >= 0.3 is 0 Å². The minimum absolute atomic E-state index is 0.0740. The Morgan fingerprint density at radius 3 is 2.42 bits per heavy atom. The third kappa shape index (κ3) is 5.43. The van der Waals surface area contributed by atoms with Crippen LogP contribution in [0.4, 0.5) is 0 Å². The molecule has 2 aliphatic heterocycles. The minimum atomic E-state index is -0.691. The van der Waals surface area contributed by atoms with Gasteiger partial charge in [0.1, 0.15) is 11.5 Å². The Balaban J connectivity index is 1.70. The van der Waals surface area contributed by atoms with Gasteiger partial charge in [-0.2, -0.15) is 0 Å². The van der Waals surface area contributed by atoms with Crippen LogP contribution in [0, 0.1) is 0 Å². The van der Waals surface area contributed by atoms with Gasteiger partial charge in [-0.1, -0.05) is 49.7 Å². The van der Waals surface area contributed by atoms with Gasteiger partial charge in [-0.25, -0.2) is 0 Å². The number of hydrogen-bond donors (Lipinski definition) is 1. The first-order chi connectivity index (χ1) is 17.3. The Bertz CT molecular complexity index is 1140. The normalized spacial score (nSPS) is 20.4. The van der Waals surface area contributed by atoms with E-state index in [1.165, 1.54) is 7.11 Å². The first kappa shape index (κ1) is 26.2. The maximum Gasteiger partial charge on any atom is 0.295 e. The van der Waals surface area contributed by atoms with Gasteiger partial charge in [-0.3, -0.25) is 14.5 Å². The van der Waals surface area contributed by atoms with Crippen LogP contribution in [0.3, 0.4) is 0 Å². The topological polar surface area (TPSA) is 79.3 Å². The third-order valence-corrected chi connectivity index (χ3v) is 7.16. The van der Waals surface area contributed by atoms with Gasteiger partial charge in [0, 0.05) is 31.7 Å². The summed E-state index contributed by atoms with van der Waals surface area (Å²) >= 11 is 6.28. The minimum Gasteiger partial charge on any atom is -0.507 e. The molecular weight excluding hydrogens is 480 g/mol. The number of morpholine rings is 1. The molecule has 4 rings (SSSR count). The Hall–Kier alpha value is -2.87. The molecule has 2 aliphatic rings. The van der Waals surface area contributed by atoms with Crippen molar-refractivity contribution >= 4 is 29.1 Å². The Morgan fingerprint density at radius 2 is 1.81 bits per heavy atom. The number of aliphatic hydroxyl groups excluding tert-OH is 1. The summed E-state index contributed by atoms with van der Waals surface area (Å²) in [5.41, 5.74) is 2.37. The van der Waals surface area contributed by atoms with E-state index in [0.717, 1.165) is 30.8 Å². The van der Waals surface area contributed by atoms with Gasteiger partial charge in [0.05, 0.1) is 37.0 Å². The molecule has 0 spiro atoms. The molecule has 1 N–H and O–H groups in total. The predicted octanol–water partition coefficient (Wildman–Crippen LogP) is 4.62. The number of nitrogens with zero attached hydrogens (tertiary/aromatic N) is 2. The molecule has 2 aromatic carbocycles. The molecule has 8 heteroatoms. The number of hydrogen-bond acceptors (Lipinski definition) is 6. The number of ketones is 1. The number of rotatable bonds is 8. The van der Waals surface area contributed by atoms with Crippen molar-refractivity contribution in [1.82, 2.24) is 9.80 Å². The van der Waals surface area contributed by atoms with Crippen LogP contribution in [0.1, 0.15) is 48.9 Å². The molecule has 0 radical (unpaired) electrons. The van der Waals surface area contributed by atoms with Crippen LogP contribution in [0.15, 0.2) is 48.0 Å². The number of halogens is 1. The average molecular weight is 513 g/mol. The number of carbonyl (C=O) groups is 2. The summed E-state index contributed by atoms with van der Waals surface area (Å²) in [6, 6.07) is 12.0. The van der Waals surface area contributed by atoms with E-state index in [1.807, 2.05) is 24.3 Å². The molecule has 2 fully saturated rings. The van der Waals surface area contributed by atoms with E-state index in [4.69, 9.17) is 21.1 Å². The molecule has 36 heavy (non-hydrogen) atoms. The van der Waals surface area contributed by atoms with Crippen LogP contribution in [0.25, 0.3) is 5.76 Å². The van der Waals surface area contributed by atoms with Gasteiger partial charge in [0.2, 0.25) is 0 Å². The Labute approximate surface area is 217 Å². The molecule has 1 atom stereocenters. The first-order valence-corrected chi connectivity index (χ1v) is 12.7. The SMILES string of the molecule is COc1ccc(C(O)=C2C(=O)C(=O)N(CCCN3CCOCC3)[C@@H]2c2ccc(C(C)C)cc2)cc1Cl. The number of Topliss-reactive ketones (excluding diaryl/α,β-unsaturated/α-hetero) is 1. The van der Waals surface area contributed by atoms with Crippen molar-refractivity contribution in [1.29, 1.82) is 0 Å². The number of amides is 1. The number of aliphatic hydroxyl groups is 1. The van der Waals surface area contributed by atoms with E-state index in [2.05, 4.69) is 18.7 Å². The van der Waals surface area contributed by atoms with Crippen molar-refractivity contribution < 1.29 is 24.2 Å². The third-order valence-electron chi connectivity index (χ3n) is 6.86. The molecule has 1 amide bonds. The van der Waals surface area contributed by atoms with E-state index in [0.29, 0.717) is 48.4 Å². The zero-order valence-corrected chi connectivity index (χ0v) is 21.8. The highest BCUT2D eigenvalue weighted by molar-refractivity contribution is 6.46. The molecule has 2 saturated heterocycles. The highest BCUT2D eigenvalue weighted by atomic mass is 35.5. The average Bonchev–Trinajstić information content (AvgIpc) is 3.14. The number of likely N-dealkylation sites (tertiary alicyclic amines) is 1. The second kappa shape index (κ2) is 11.5. The standard InChI is InChI=1S/C28H33ClN2O5/c1-18(2)19-5-7-20(8-6-19)25-24(26(32)21-9-10-23(35-3)22(29)17-21)27(33)28(34)31(25)12-4-11-30-13-15-36-16-14-30/h5-10,17-18,25,32H,4,11-16H2,1-3H3/t25-/m1/s1. The molecular formula is C28H33ClN2O5. The van der Waals surface area contributed by atoms with Crippen molar-refractivity contribution in [2.75, 3.05) is 46.5 Å². The summed E-state index contributed by atoms with van der Waals surface area (Å²) < 4.78 is 10.6. The fraction of sp³-hybridized carbons (Fsp3) is 0.429. The van der Waals surface area contributed by atoms with Crippen molar-refractivity contribution in [3.8, 4) is 5.75 Å². The molecule has 0 unspecified atom stereocenters. The van der Waals surface area contributed by atoms with Crippen molar-refractivity contribution in [2.24, 2.45) is 0 Å². The summed E-state index contributed by atoms with van der Waals surface area (Å²) in [6.45, 7) is 8.56. The quantitative estimate of drug-likeness (QED) is 0.316. The molecule has 7 nitrogen and oxygen atoms in total. The summed E-state index contributed by atoms with van der Waals surface area (Å²) in [4.78, 5) is 30.4. The van der Waals surface area contributed by atoms with Crippen molar-refractivity contribution in [2.45, 2.75) is 32.2 Å². The predicted molar refractivity (Wildman–Crippen MR) is 139 cm³/mol. The van der Waals surface area contributed by atoms with Crippen molar-refractivity contribution in [3.63, 3.8) is 0 Å². The maximum atomic E-state index is 13.3. The van der Waals surface area contributed by atoms with E-state index >= 15 is 0 Å². The highest BCUT2D eigenvalue weighted by Gasteiger charge is 2.45. The number of methoxy groups -OCH3 is 1. The second-order valence-electron chi connectivity index (χ2n) is 9.47. The van der Waals surface area contributed by atoms with Gasteiger partial charge in [-0.05, 0) is 41.7 Å². The molecule has 0 bridgehead atoms. The Morgan fingerprint density at radius 1 is 1.11 bits per heavy atom. The number of ether oxygens (including phenoxy) is 2. The van der Waals surface area contributed by atoms with E-state index < -0.39 is 17.7 Å². The fourth-order valence-electron chi connectivity index (χ4n) is 4.78. The molecule has 0 saturated carbocycles. The second-order valence-corrected chi connectivity index (χ2v) is 9.88. The van der Waals surface area contributed by atoms with Gasteiger partial charge in [-0.15, -0.1) is 0 Å². The van der Waals surface area contributed by atoms with E-state index in [1.54, 1.807) is 23.1 Å². The molecule has 0 aliphatic carbocycles. The van der Waals surface area contributed by atoms with Gasteiger partial charge in [0.25, 0.3) is 11.7 Å². The van der Waals surface area contributed by atoms with Crippen LogP contribution < -0.4 is 4.74 Å². The number of carbonyl (C=O) groups excluding carboxylic acids is 2. The van der Waals surface area contributed by atoms with Gasteiger partial charge < -0.3 is 19.5 Å². The number of benzene rings is 2. The largest absolute Gasteiger partial charge is 0.507 e. The lowest BCUT2D eigenvalue weighted by molar-refractivity contribution is -0.140.